The summed E-state index contributed by atoms with van der Waals surface area (Å²) < 4.78 is 17.0. The highest BCUT2D eigenvalue weighted by atomic mass is 31.2. The Morgan fingerprint density at radius 2 is 1.38 bits per heavy atom. The summed E-state index contributed by atoms with van der Waals surface area (Å²) in [6, 6.07) is 0. The summed E-state index contributed by atoms with van der Waals surface area (Å²) in [5.74, 6) is -0.433. The zero-order valence-electron chi connectivity index (χ0n) is 15.7. The molecule has 0 saturated carbocycles. The predicted molar refractivity (Wildman–Crippen MR) is 102 cm³/mol. The van der Waals surface area contributed by atoms with Gasteiger partial charge in [0.25, 0.3) is 0 Å². The van der Waals surface area contributed by atoms with Gasteiger partial charge in [-0.1, -0.05) is 71.3 Å². The van der Waals surface area contributed by atoms with Gasteiger partial charge >= 0.3 is 5.97 Å². The van der Waals surface area contributed by atoms with Gasteiger partial charge in [0.2, 0.25) is 7.37 Å². The summed E-state index contributed by atoms with van der Waals surface area (Å²) >= 11 is 0. The van der Waals surface area contributed by atoms with Crippen molar-refractivity contribution in [3.8, 4) is 0 Å². The molecule has 0 heterocycles. The minimum absolute atomic E-state index is 0.189. The van der Waals surface area contributed by atoms with Crippen molar-refractivity contribution in [1.29, 1.82) is 0 Å². The molecule has 0 fully saturated rings. The van der Waals surface area contributed by atoms with E-state index in [-0.39, 0.29) is 12.8 Å². The number of carbonyl (C=O) groups is 1. The van der Waals surface area contributed by atoms with E-state index in [1.807, 2.05) is 0 Å². The monoisotopic (exact) mass is 360 g/mol. The molecule has 0 radical (unpaired) electrons. The molecule has 1 atom stereocenters. The number of esters is 1. The van der Waals surface area contributed by atoms with E-state index >= 15 is 0 Å². The fourth-order valence-electron chi connectivity index (χ4n) is 2.56. The van der Waals surface area contributed by atoms with E-state index in [9.17, 15) is 14.3 Å². The van der Waals surface area contributed by atoms with Crippen molar-refractivity contribution in [3.63, 3.8) is 0 Å². The van der Waals surface area contributed by atoms with Crippen LogP contribution in [0.1, 0.15) is 84.5 Å². The Morgan fingerprint density at radius 3 is 1.88 bits per heavy atom. The first-order chi connectivity index (χ1) is 11.4. The van der Waals surface area contributed by atoms with Crippen molar-refractivity contribution in [2.24, 2.45) is 0 Å². The standard InChI is InChI=1S/C19H37O4P/c1-4-5-6-7-8-9-10-11-12-13-16-24(21,22)17-14-15-23-19(20)18(2)3/h2,4-17H2,1,3H3,(H,21,22). The number of hydrogen-bond acceptors (Lipinski definition) is 3. The lowest BCUT2D eigenvalue weighted by molar-refractivity contribution is -0.138. The normalized spacial score (nSPS) is 13.5. The molecule has 0 spiro atoms. The van der Waals surface area contributed by atoms with Crippen molar-refractivity contribution in [2.45, 2.75) is 84.5 Å². The molecule has 5 heteroatoms. The van der Waals surface area contributed by atoms with Gasteiger partial charge in [-0.05, 0) is 19.8 Å². The molecule has 142 valence electrons. The molecular weight excluding hydrogens is 323 g/mol. The van der Waals surface area contributed by atoms with Gasteiger partial charge in [0.05, 0.1) is 6.61 Å². The number of hydrogen-bond donors (Lipinski definition) is 1. The molecule has 0 aromatic rings. The molecule has 0 aliphatic heterocycles. The number of carbonyl (C=O) groups excluding carboxylic acids is 1. The first-order valence-electron chi connectivity index (χ1n) is 9.52. The van der Waals surface area contributed by atoms with Gasteiger partial charge in [0.15, 0.2) is 0 Å². The van der Waals surface area contributed by atoms with E-state index in [4.69, 9.17) is 4.74 Å². The van der Waals surface area contributed by atoms with Crippen LogP contribution in [0.25, 0.3) is 0 Å². The molecule has 0 rings (SSSR count). The van der Waals surface area contributed by atoms with E-state index < -0.39 is 13.3 Å². The zero-order chi connectivity index (χ0) is 18.3. The average Bonchev–Trinajstić information content (AvgIpc) is 2.53. The van der Waals surface area contributed by atoms with Crippen LogP contribution in [-0.4, -0.2) is 29.8 Å². The lowest BCUT2D eigenvalue weighted by atomic mass is 10.1. The number of unbranched alkanes of at least 4 members (excludes halogenated alkanes) is 9. The van der Waals surface area contributed by atoms with Crippen molar-refractivity contribution in [2.75, 3.05) is 18.9 Å². The highest BCUT2D eigenvalue weighted by molar-refractivity contribution is 7.57. The summed E-state index contributed by atoms with van der Waals surface area (Å²) in [6.45, 7) is 7.50. The lowest BCUT2D eigenvalue weighted by Crippen LogP contribution is -2.08. The van der Waals surface area contributed by atoms with Crippen LogP contribution in [0.15, 0.2) is 12.2 Å². The van der Waals surface area contributed by atoms with Crippen LogP contribution in [0.5, 0.6) is 0 Å². The molecule has 1 N–H and O–H groups in total. The van der Waals surface area contributed by atoms with Gasteiger partial charge in [-0.2, -0.15) is 0 Å². The molecule has 1 unspecified atom stereocenters. The third-order valence-electron chi connectivity index (χ3n) is 4.09. The predicted octanol–water partition coefficient (Wildman–Crippen LogP) is 5.69. The van der Waals surface area contributed by atoms with Crippen molar-refractivity contribution < 1.29 is 19.0 Å². The van der Waals surface area contributed by atoms with Gasteiger partial charge in [0.1, 0.15) is 0 Å². The maximum atomic E-state index is 12.0. The van der Waals surface area contributed by atoms with E-state index in [0.29, 0.717) is 18.2 Å². The summed E-state index contributed by atoms with van der Waals surface area (Å²) in [7, 11) is -3.06. The van der Waals surface area contributed by atoms with Crippen molar-refractivity contribution in [3.05, 3.63) is 12.2 Å². The average molecular weight is 360 g/mol. The molecule has 0 aliphatic rings. The molecule has 0 aliphatic carbocycles. The fourth-order valence-corrected chi connectivity index (χ4v) is 4.12. The maximum absolute atomic E-state index is 12.0. The minimum atomic E-state index is -3.06. The van der Waals surface area contributed by atoms with Crippen molar-refractivity contribution >= 4 is 13.3 Å². The largest absolute Gasteiger partial charge is 0.462 e. The summed E-state index contributed by atoms with van der Waals surface area (Å²) in [5.41, 5.74) is 0.354. The third-order valence-corrected chi connectivity index (χ3v) is 6.12. The molecule has 0 saturated heterocycles. The summed E-state index contributed by atoms with van der Waals surface area (Å²) in [4.78, 5) is 21.1. The van der Waals surface area contributed by atoms with Crippen LogP contribution >= 0.6 is 7.37 Å². The highest BCUT2D eigenvalue weighted by Crippen LogP contribution is 2.42. The van der Waals surface area contributed by atoms with Crippen LogP contribution in [0.2, 0.25) is 0 Å². The Kier molecular flexibility index (Phi) is 14.4. The molecule has 24 heavy (non-hydrogen) atoms. The van der Waals surface area contributed by atoms with Gasteiger partial charge in [-0.25, -0.2) is 4.79 Å². The quantitative estimate of drug-likeness (QED) is 0.166. The smallest absolute Gasteiger partial charge is 0.333 e. The summed E-state index contributed by atoms with van der Waals surface area (Å²) in [5, 5.41) is 0. The van der Waals surface area contributed by atoms with E-state index in [1.165, 1.54) is 44.9 Å². The topological polar surface area (TPSA) is 63.6 Å². The third kappa shape index (κ3) is 15.0. The Hall–Kier alpha value is -0.600. The minimum Gasteiger partial charge on any atom is -0.462 e. The van der Waals surface area contributed by atoms with Gasteiger partial charge in [-0.3, -0.25) is 4.57 Å². The first kappa shape index (κ1) is 23.4. The second-order valence-corrected chi connectivity index (χ2v) is 9.33. The highest BCUT2D eigenvalue weighted by Gasteiger charge is 2.17. The Labute approximate surface area is 148 Å². The van der Waals surface area contributed by atoms with E-state index in [1.54, 1.807) is 6.92 Å². The van der Waals surface area contributed by atoms with E-state index in [2.05, 4.69) is 13.5 Å². The fraction of sp³-hybridized carbons (Fsp3) is 0.842. The Morgan fingerprint density at radius 1 is 0.917 bits per heavy atom. The van der Waals surface area contributed by atoms with Crippen LogP contribution in [0, 0.1) is 0 Å². The molecule has 4 nitrogen and oxygen atoms in total. The Balaban J connectivity index is 3.49. The SMILES string of the molecule is C=C(C)C(=O)OCCCP(=O)(O)CCCCCCCCCCCC. The van der Waals surface area contributed by atoms with E-state index in [0.717, 1.165) is 19.3 Å². The van der Waals surface area contributed by atoms with Crippen LogP contribution in [0.4, 0.5) is 0 Å². The van der Waals surface area contributed by atoms with Crippen LogP contribution in [-0.2, 0) is 14.1 Å². The second-order valence-electron chi connectivity index (χ2n) is 6.75. The molecule has 0 amide bonds. The van der Waals surface area contributed by atoms with Crippen molar-refractivity contribution in [1.82, 2.24) is 0 Å². The van der Waals surface area contributed by atoms with Crippen LogP contribution in [0.3, 0.4) is 0 Å². The molecule has 0 bridgehead atoms. The zero-order valence-corrected chi connectivity index (χ0v) is 16.6. The van der Waals surface area contributed by atoms with Gasteiger partial charge in [0, 0.05) is 17.9 Å². The van der Waals surface area contributed by atoms with Gasteiger partial charge in [-0.15, -0.1) is 0 Å². The first-order valence-corrected chi connectivity index (χ1v) is 11.6. The summed E-state index contributed by atoms with van der Waals surface area (Å²) in [6.07, 6.45) is 13.2. The number of rotatable bonds is 16. The molecule has 0 aromatic heterocycles. The lowest BCUT2D eigenvalue weighted by Gasteiger charge is -2.11. The molecular formula is C19H37O4P. The maximum Gasteiger partial charge on any atom is 0.333 e. The Bertz CT molecular complexity index is 393. The molecule has 0 aromatic carbocycles. The van der Waals surface area contributed by atoms with Gasteiger partial charge < -0.3 is 9.63 Å². The number of ether oxygens (including phenoxy) is 1. The second kappa shape index (κ2) is 14.7. The van der Waals surface area contributed by atoms with Crippen LogP contribution < -0.4 is 0 Å².